The van der Waals surface area contributed by atoms with E-state index in [0.29, 0.717) is 41.6 Å². The Labute approximate surface area is 143 Å². The highest BCUT2D eigenvalue weighted by atomic mass is 32.1. The van der Waals surface area contributed by atoms with E-state index in [2.05, 4.69) is 20.3 Å². The molecular weight excluding hydrogens is 326 g/mol. The molecule has 2 aromatic rings. The summed E-state index contributed by atoms with van der Waals surface area (Å²) in [7, 11) is 0. The number of fused-ring (bicyclic) bond motifs is 1. The van der Waals surface area contributed by atoms with E-state index in [1.807, 2.05) is 11.8 Å². The molecular formula is C16H17N5O2S. The minimum atomic E-state index is -0.00446. The molecule has 7 nitrogen and oxygen atoms in total. The van der Waals surface area contributed by atoms with Crippen molar-refractivity contribution in [3.63, 3.8) is 0 Å². The Kier molecular flexibility index (Phi) is 3.76. The first-order valence-electron chi connectivity index (χ1n) is 8.01. The van der Waals surface area contributed by atoms with Crippen LogP contribution >= 0.6 is 11.3 Å². The number of amides is 2. The van der Waals surface area contributed by atoms with Gasteiger partial charge < -0.3 is 10.2 Å². The summed E-state index contributed by atoms with van der Waals surface area (Å²) in [6.07, 6.45) is 4.53. The average Bonchev–Trinajstić information content (AvgIpc) is 3.27. The van der Waals surface area contributed by atoms with E-state index in [1.54, 1.807) is 18.5 Å². The summed E-state index contributed by atoms with van der Waals surface area (Å²) in [5, 5.41) is 3.62. The van der Waals surface area contributed by atoms with Crippen LogP contribution in [-0.4, -0.2) is 50.8 Å². The number of aromatic nitrogens is 3. The number of nitrogens with one attached hydrogen (secondary N) is 1. The van der Waals surface area contributed by atoms with Gasteiger partial charge in [-0.15, -0.1) is 11.3 Å². The molecule has 2 fully saturated rings. The van der Waals surface area contributed by atoms with E-state index in [-0.39, 0.29) is 23.8 Å². The van der Waals surface area contributed by atoms with E-state index in [4.69, 9.17) is 0 Å². The number of likely N-dealkylation sites (tertiary alicyclic amines) is 1. The zero-order valence-corrected chi connectivity index (χ0v) is 14.0. The van der Waals surface area contributed by atoms with E-state index >= 15 is 0 Å². The van der Waals surface area contributed by atoms with Gasteiger partial charge in [-0.05, 0) is 12.5 Å². The number of carbonyl (C=O) groups is 2. The Hall–Kier alpha value is -2.35. The maximum atomic E-state index is 12.9. The molecule has 4 heterocycles. The third-order valence-corrected chi connectivity index (χ3v) is 5.59. The monoisotopic (exact) mass is 343 g/mol. The lowest BCUT2D eigenvalue weighted by Crippen LogP contribution is -2.35. The maximum Gasteiger partial charge on any atom is 0.265 e. The second-order valence-electron chi connectivity index (χ2n) is 6.07. The van der Waals surface area contributed by atoms with Gasteiger partial charge >= 0.3 is 0 Å². The van der Waals surface area contributed by atoms with Crippen LogP contribution in [0.1, 0.15) is 28.7 Å². The Morgan fingerprint density at radius 1 is 1.38 bits per heavy atom. The van der Waals surface area contributed by atoms with Crippen LogP contribution in [0.15, 0.2) is 18.5 Å². The van der Waals surface area contributed by atoms with Crippen molar-refractivity contribution in [2.45, 2.75) is 25.8 Å². The van der Waals surface area contributed by atoms with Crippen LogP contribution in [0.4, 0.5) is 0 Å². The van der Waals surface area contributed by atoms with E-state index < -0.39 is 0 Å². The highest BCUT2D eigenvalue weighted by Gasteiger charge is 2.42. The fraction of sp³-hybridized carbons (Fsp3) is 0.438. The molecule has 0 aliphatic carbocycles. The summed E-state index contributed by atoms with van der Waals surface area (Å²) in [6.45, 7) is 3.19. The summed E-state index contributed by atoms with van der Waals surface area (Å²) < 4.78 is 0. The molecule has 1 N–H and O–H groups in total. The second-order valence-corrected chi connectivity index (χ2v) is 7.07. The van der Waals surface area contributed by atoms with Crippen LogP contribution in [0.25, 0.3) is 10.8 Å². The molecule has 2 atom stereocenters. The third-order valence-electron chi connectivity index (χ3n) is 4.51. The zero-order chi connectivity index (χ0) is 16.7. The summed E-state index contributed by atoms with van der Waals surface area (Å²) in [6, 6.07) is 1.85. The van der Waals surface area contributed by atoms with Gasteiger partial charge in [0.1, 0.15) is 4.88 Å². The molecule has 0 bridgehead atoms. The number of rotatable bonds is 3. The Morgan fingerprint density at radius 3 is 2.88 bits per heavy atom. The topological polar surface area (TPSA) is 88.1 Å². The van der Waals surface area contributed by atoms with Crippen LogP contribution < -0.4 is 5.32 Å². The summed E-state index contributed by atoms with van der Waals surface area (Å²) in [5.74, 6) is 0.862. The summed E-state index contributed by atoms with van der Waals surface area (Å²) >= 11 is 1.35. The second kappa shape index (κ2) is 5.94. The molecule has 24 heavy (non-hydrogen) atoms. The van der Waals surface area contributed by atoms with Crippen molar-refractivity contribution >= 4 is 23.2 Å². The van der Waals surface area contributed by atoms with Gasteiger partial charge in [-0.1, -0.05) is 6.92 Å². The van der Waals surface area contributed by atoms with E-state index in [1.165, 1.54) is 11.3 Å². The van der Waals surface area contributed by atoms with Gasteiger partial charge in [-0.2, -0.15) is 0 Å². The van der Waals surface area contributed by atoms with Gasteiger partial charge in [0, 0.05) is 37.8 Å². The smallest absolute Gasteiger partial charge is 0.265 e. The molecule has 0 aromatic carbocycles. The molecule has 2 amide bonds. The van der Waals surface area contributed by atoms with Crippen LogP contribution in [0.3, 0.4) is 0 Å². The Bertz CT molecular complexity index is 775. The standard InChI is InChI=1S/C16H17N5O2S/c1-2-10-13(24-15(20-10)14-17-4-3-5-18-14)16(23)21-7-9-6-12(22)19-11(9)8-21/h3-5,9,11H,2,6-8H2,1H3,(H,19,22)/t9-,11+/m0/s1. The molecule has 2 aliphatic heterocycles. The SMILES string of the molecule is CCc1nc(-c2ncccn2)sc1C(=O)N1C[C@@H]2CC(=O)N[C@@H]2C1. The van der Waals surface area contributed by atoms with Gasteiger partial charge in [0.05, 0.1) is 11.7 Å². The molecule has 0 radical (unpaired) electrons. The van der Waals surface area contributed by atoms with Crippen molar-refractivity contribution in [2.24, 2.45) is 5.92 Å². The largest absolute Gasteiger partial charge is 0.351 e. The number of carbonyl (C=O) groups excluding carboxylic acids is 2. The minimum Gasteiger partial charge on any atom is -0.351 e. The number of thiazole rings is 1. The van der Waals surface area contributed by atoms with E-state index in [9.17, 15) is 9.59 Å². The molecule has 124 valence electrons. The molecule has 2 aromatic heterocycles. The number of nitrogens with zero attached hydrogens (tertiary/aromatic N) is 4. The predicted octanol–water partition coefficient (Wildman–Crippen LogP) is 1.12. The summed E-state index contributed by atoms with van der Waals surface area (Å²) in [5.41, 5.74) is 0.786. The van der Waals surface area contributed by atoms with Gasteiger partial charge in [-0.25, -0.2) is 15.0 Å². The van der Waals surface area contributed by atoms with Crippen molar-refractivity contribution in [2.75, 3.05) is 13.1 Å². The van der Waals surface area contributed by atoms with Crippen LogP contribution in [0, 0.1) is 5.92 Å². The van der Waals surface area contributed by atoms with Crippen LogP contribution in [-0.2, 0) is 11.2 Å². The van der Waals surface area contributed by atoms with E-state index in [0.717, 1.165) is 5.69 Å². The highest BCUT2D eigenvalue weighted by Crippen LogP contribution is 2.31. The molecule has 0 unspecified atom stereocenters. The first kappa shape index (κ1) is 15.2. The first-order valence-corrected chi connectivity index (χ1v) is 8.83. The van der Waals surface area contributed by atoms with Crippen molar-refractivity contribution in [3.05, 3.63) is 29.0 Å². The lowest BCUT2D eigenvalue weighted by molar-refractivity contribution is -0.119. The number of hydrogen-bond acceptors (Lipinski definition) is 6. The van der Waals surface area contributed by atoms with Crippen molar-refractivity contribution in [1.29, 1.82) is 0 Å². The number of hydrogen-bond donors (Lipinski definition) is 1. The van der Waals surface area contributed by atoms with Gasteiger partial charge in [-0.3, -0.25) is 9.59 Å². The van der Waals surface area contributed by atoms with Gasteiger partial charge in [0.2, 0.25) is 5.91 Å². The lowest BCUT2D eigenvalue weighted by Gasteiger charge is -2.16. The average molecular weight is 343 g/mol. The Balaban J connectivity index is 1.59. The number of aryl methyl sites for hydroxylation is 1. The van der Waals surface area contributed by atoms with Crippen molar-refractivity contribution < 1.29 is 9.59 Å². The lowest BCUT2D eigenvalue weighted by atomic mass is 10.1. The normalized spacial score (nSPS) is 22.5. The Morgan fingerprint density at radius 2 is 2.17 bits per heavy atom. The van der Waals surface area contributed by atoms with Crippen molar-refractivity contribution in [3.8, 4) is 10.8 Å². The predicted molar refractivity (Wildman–Crippen MR) is 88.5 cm³/mol. The quantitative estimate of drug-likeness (QED) is 0.902. The van der Waals surface area contributed by atoms with Crippen LogP contribution in [0.2, 0.25) is 0 Å². The van der Waals surface area contributed by atoms with Crippen LogP contribution in [0.5, 0.6) is 0 Å². The van der Waals surface area contributed by atoms with Gasteiger partial charge in [0.25, 0.3) is 5.91 Å². The molecule has 0 saturated carbocycles. The first-order chi connectivity index (χ1) is 11.7. The fourth-order valence-electron chi connectivity index (χ4n) is 3.32. The molecule has 8 heteroatoms. The molecule has 0 spiro atoms. The highest BCUT2D eigenvalue weighted by molar-refractivity contribution is 7.17. The van der Waals surface area contributed by atoms with Gasteiger partial charge in [0.15, 0.2) is 10.8 Å². The summed E-state index contributed by atoms with van der Waals surface area (Å²) in [4.78, 5) is 39.8. The molecule has 2 saturated heterocycles. The van der Waals surface area contributed by atoms with Crippen molar-refractivity contribution in [1.82, 2.24) is 25.2 Å². The minimum absolute atomic E-state index is 0.00446. The maximum absolute atomic E-state index is 12.9. The fourth-order valence-corrected chi connectivity index (χ4v) is 4.39. The molecule has 2 aliphatic rings. The molecule has 4 rings (SSSR count). The zero-order valence-electron chi connectivity index (χ0n) is 13.2. The third kappa shape index (κ3) is 2.56.